The van der Waals surface area contributed by atoms with Crippen LogP contribution >= 0.6 is 23.1 Å². The molecule has 4 heteroatoms. The van der Waals surface area contributed by atoms with Crippen molar-refractivity contribution in [2.45, 2.75) is 4.21 Å². The molecule has 0 atom stereocenters. The van der Waals surface area contributed by atoms with Crippen LogP contribution in [0.5, 0.6) is 0 Å². The van der Waals surface area contributed by atoms with Gasteiger partial charge in [0.2, 0.25) is 0 Å². The van der Waals surface area contributed by atoms with Gasteiger partial charge in [-0.1, -0.05) is 0 Å². The van der Waals surface area contributed by atoms with Crippen molar-refractivity contribution in [1.29, 1.82) is 0 Å². The molecule has 1 nitrogen and oxygen atoms in total. The van der Waals surface area contributed by atoms with E-state index >= 15 is 0 Å². The number of thioether (sulfide) groups is 1. The Morgan fingerprint density at radius 1 is 1.75 bits per heavy atom. The first-order valence-electron chi connectivity index (χ1n) is 1.86. The molecular weight excluding hydrogens is 149 g/mol. The fourth-order valence-corrected chi connectivity index (χ4v) is 1.33. The maximum atomic E-state index is 3.89. The van der Waals surface area contributed by atoms with Gasteiger partial charge in [0.1, 0.15) is 0 Å². The molecule has 1 heterocycles. The normalized spacial score (nSPS) is 8.12. The summed E-state index contributed by atoms with van der Waals surface area (Å²) in [5.41, 5.74) is 1.84. The van der Waals surface area contributed by atoms with Crippen LogP contribution in [0.15, 0.2) is 15.9 Å². The van der Waals surface area contributed by atoms with Gasteiger partial charge >= 0.3 is 29.6 Å². The summed E-state index contributed by atoms with van der Waals surface area (Å²) in [5.74, 6) is 0. The van der Waals surface area contributed by atoms with Crippen molar-refractivity contribution < 1.29 is 0 Å². The molecule has 0 bridgehead atoms. The molecule has 40 valence electrons. The molecule has 1 rings (SSSR count). The van der Waals surface area contributed by atoms with Gasteiger partial charge < -0.3 is 0 Å². The second-order valence-electron chi connectivity index (χ2n) is 1.02. The second kappa shape index (κ2) is 4.82. The second-order valence-corrected chi connectivity index (χ2v) is 3.02. The van der Waals surface area contributed by atoms with E-state index in [4.69, 9.17) is 0 Å². The third-order valence-electron chi connectivity index (χ3n) is 0.611. The van der Waals surface area contributed by atoms with Crippen LogP contribution < -0.4 is 0 Å². The Morgan fingerprint density at radius 2 is 2.50 bits per heavy atom. The van der Waals surface area contributed by atoms with Gasteiger partial charge in [-0.3, -0.25) is 4.98 Å². The van der Waals surface area contributed by atoms with Crippen molar-refractivity contribution in [3.05, 3.63) is 11.7 Å². The molecule has 0 saturated heterocycles. The third-order valence-corrected chi connectivity index (χ3v) is 2.47. The molecule has 0 aliphatic rings. The summed E-state index contributed by atoms with van der Waals surface area (Å²) >= 11 is 3.41. The van der Waals surface area contributed by atoms with Crippen LogP contribution in [0.1, 0.15) is 0 Å². The Bertz CT molecular complexity index is 129. The van der Waals surface area contributed by atoms with Gasteiger partial charge in [-0.15, -0.1) is 23.1 Å². The molecule has 0 fully saturated rings. The Kier molecular flexibility index (Phi) is 5.41. The number of thiazole rings is 1. The van der Waals surface area contributed by atoms with Crippen molar-refractivity contribution in [2.24, 2.45) is 0 Å². The topological polar surface area (TPSA) is 12.9 Å². The van der Waals surface area contributed by atoms with Gasteiger partial charge in [0.05, 0.1) is 15.9 Å². The summed E-state index contributed by atoms with van der Waals surface area (Å²) in [6.45, 7) is 0. The molecule has 0 aliphatic carbocycles. The first kappa shape index (κ1) is 8.98. The third kappa shape index (κ3) is 2.51. The average Bonchev–Trinajstić information content (AvgIpc) is 2.14. The van der Waals surface area contributed by atoms with E-state index < -0.39 is 0 Å². The monoisotopic (exact) mass is 155 g/mol. The Balaban J connectivity index is 0.000000490. The van der Waals surface area contributed by atoms with Crippen LogP contribution in [0, 0.1) is 0 Å². The maximum absolute atomic E-state index is 3.89. The Labute approximate surface area is 79.2 Å². The molecule has 0 saturated carbocycles. The SMILES string of the molecule is CSc1cncs1.[NaH]. The number of hydrogen-bond acceptors (Lipinski definition) is 3. The predicted octanol–water partition coefficient (Wildman–Crippen LogP) is 1.22. The van der Waals surface area contributed by atoms with Gasteiger partial charge in [-0.25, -0.2) is 0 Å². The molecule has 1 aromatic heterocycles. The summed E-state index contributed by atoms with van der Waals surface area (Å²) in [7, 11) is 0. The Morgan fingerprint density at radius 3 is 2.75 bits per heavy atom. The first-order valence-corrected chi connectivity index (χ1v) is 3.96. The van der Waals surface area contributed by atoms with E-state index in [0.717, 1.165) is 0 Å². The molecule has 0 unspecified atom stereocenters. The summed E-state index contributed by atoms with van der Waals surface area (Å²) in [5, 5.41) is 0. The van der Waals surface area contributed by atoms with Crippen molar-refractivity contribution in [2.75, 3.05) is 6.26 Å². The van der Waals surface area contributed by atoms with E-state index in [1.54, 1.807) is 23.1 Å². The molecule has 0 amide bonds. The summed E-state index contributed by atoms with van der Waals surface area (Å²) < 4.78 is 1.28. The van der Waals surface area contributed by atoms with E-state index in [1.807, 2.05) is 18.0 Å². The fraction of sp³-hybridized carbons (Fsp3) is 0.250. The minimum absolute atomic E-state index is 0. The summed E-state index contributed by atoms with van der Waals surface area (Å²) in [6, 6.07) is 0. The standard InChI is InChI=1S/C4H5NS2.Na.H/c1-6-4-2-5-3-7-4;;/h2-3H,1H3;;. The molecule has 1 aromatic rings. The van der Waals surface area contributed by atoms with Crippen molar-refractivity contribution >= 4 is 52.7 Å². The van der Waals surface area contributed by atoms with Gasteiger partial charge in [0.25, 0.3) is 0 Å². The van der Waals surface area contributed by atoms with Crippen molar-refractivity contribution in [3.63, 3.8) is 0 Å². The van der Waals surface area contributed by atoms with Crippen LogP contribution in [0.2, 0.25) is 0 Å². The van der Waals surface area contributed by atoms with E-state index in [-0.39, 0.29) is 29.6 Å². The number of aromatic nitrogens is 1. The van der Waals surface area contributed by atoms with E-state index in [1.165, 1.54) is 4.21 Å². The zero-order valence-electron chi connectivity index (χ0n) is 3.92. The first-order chi connectivity index (χ1) is 3.43. The summed E-state index contributed by atoms with van der Waals surface area (Å²) in [4.78, 5) is 3.89. The quantitative estimate of drug-likeness (QED) is 0.446. The number of rotatable bonds is 1. The molecular formula is C4H6NNaS2. The van der Waals surface area contributed by atoms with Gasteiger partial charge in [-0.05, 0) is 6.26 Å². The van der Waals surface area contributed by atoms with Crippen LogP contribution in [-0.2, 0) is 0 Å². The zero-order chi connectivity index (χ0) is 5.11. The number of hydrogen-bond donors (Lipinski definition) is 0. The van der Waals surface area contributed by atoms with Crippen LogP contribution in [0.4, 0.5) is 0 Å². The minimum atomic E-state index is 0. The fourth-order valence-electron chi connectivity index (χ4n) is 0.305. The van der Waals surface area contributed by atoms with Crippen LogP contribution in [-0.4, -0.2) is 40.8 Å². The van der Waals surface area contributed by atoms with Crippen molar-refractivity contribution in [3.8, 4) is 0 Å². The van der Waals surface area contributed by atoms with Gasteiger partial charge in [0.15, 0.2) is 0 Å². The van der Waals surface area contributed by atoms with Gasteiger partial charge in [-0.2, -0.15) is 0 Å². The predicted molar refractivity (Wildman–Crippen MR) is 41.0 cm³/mol. The van der Waals surface area contributed by atoms with E-state index in [0.29, 0.717) is 0 Å². The average molecular weight is 155 g/mol. The molecule has 0 radical (unpaired) electrons. The molecule has 0 spiro atoms. The molecule has 0 aliphatic heterocycles. The molecule has 0 aromatic carbocycles. The van der Waals surface area contributed by atoms with Crippen molar-refractivity contribution in [1.82, 2.24) is 4.98 Å². The molecule has 8 heavy (non-hydrogen) atoms. The Hall–Kier alpha value is 0.980. The van der Waals surface area contributed by atoms with E-state index in [2.05, 4.69) is 4.98 Å². The molecule has 0 N–H and O–H groups in total. The van der Waals surface area contributed by atoms with Gasteiger partial charge in [0, 0.05) is 0 Å². The summed E-state index contributed by atoms with van der Waals surface area (Å²) in [6.07, 6.45) is 3.92. The van der Waals surface area contributed by atoms with Crippen LogP contribution in [0.25, 0.3) is 0 Å². The number of nitrogens with zero attached hydrogens (tertiary/aromatic N) is 1. The van der Waals surface area contributed by atoms with E-state index in [9.17, 15) is 0 Å². The van der Waals surface area contributed by atoms with Crippen LogP contribution in [0.3, 0.4) is 0 Å². The zero-order valence-corrected chi connectivity index (χ0v) is 5.55.